The van der Waals surface area contributed by atoms with Gasteiger partial charge < -0.3 is 4.79 Å². The number of carbonyl (C=O) groups excluding carboxylic acids is 1. The molecule has 1 aliphatic rings. The largest absolute Gasteiger partial charge is 0.302 e. The standard InChI is InChI=1S/C18H15NO3S/c1-13-7-9-14(10-8-13)16-17(18(16,11-19)12-20)23(21,22)15-5-3-2-4-6-15/h2-10,12,16-17H,1H3. The molecule has 3 atom stereocenters. The third-order valence-electron chi connectivity index (χ3n) is 4.41. The lowest BCUT2D eigenvalue weighted by Gasteiger charge is -2.04. The third-order valence-corrected chi connectivity index (χ3v) is 6.67. The lowest BCUT2D eigenvalue weighted by molar-refractivity contribution is -0.110. The van der Waals surface area contributed by atoms with Gasteiger partial charge in [-0.2, -0.15) is 5.26 Å². The number of benzene rings is 2. The van der Waals surface area contributed by atoms with Gasteiger partial charge in [0, 0.05) is 5.92 Å². The maximum atomic E-state index is 12.9. The minimum atomic E-state index is -3.76. The van der Waals surface area contributed by atoms with Crippen LogP contribution in [0.25, 0.3) is 0 Å². The van der Waals surface area contributed by atoms with Gasteiger partial charge in [-0.05, 0) is 24.6 Å². The number of aryl methyl sites for hydroxylation is 1. The predicted molar refractivity (Wildman–Crippen MR) is 85.4 cm³/mol. The molecule has 0 heterocycles. The van der Waals surface area contributed by atoms with Crippen LogP contribution in [0.4, 0.5) is 0 Å². The average Bonchev–Trinajstić information content (AvgIpc) is 3.27. The molecule has 1 fully saturated rings. The summed E-state index contributed by atoms with van der Waals surface area (Å²) in [5, 5.41) is 8.44. The highest BCUT2D eigenvalue weighted by molar-refractivity contribution is 7.92. The molecule has 2 aromatic rings. The second-order valence-corrected chi connectivity index (χ2v) is 7.90. The van der Waals surface area contributed by atoms with E-state index in [1.807, 2.05) is 25.1 Å². The van der Waals surface area contributed by atoms with Gasteiger partial charge in [-0.25, -0.2) is 8.42 Å². The Bertz CT molecular complexity index is 882. The van der Waals surface area contributed by atoms with E-state index in [-0.39, 0.29) is 4.90 Å². The van der Waals surface area contributed by atoms with E-state index >= 15 is 0 Å². The molecule has 0 amide bonds. The zero-order chi connectivity index (χ0) is 16.7. The zero-order valence-corrected chi connectivity index (χ0v) is 13.3. The summed E-state index contributed by atoms with van der Waals surface area (Å²) in [4.78, 5) is 11.7. The Morgan fingerprint density at radius 1 is 1.09 bits per heavy atom. The van der Waals surface area contributed by atoms with Crippen LogP contribution in [0.5, 0.6) is 0 Å². The monoisotopic (exact) mass is 325 g/mol. The van der Waals surface area contributed by atoms with E-state index in [9.17, 15) is 18.5 Å². The Morgan fingerprint density at radius 3 is 2.22 bits per heavy atom. The number of hydrogen-bond acceptors (Lipinski definition) is 4. The first-order chi connectivity index (χ1) is 11.0. The first-order valence-electron chi connectivity index (χ1n) is 7.20. The van der Waals surface area contributed by atoms with E-state index in [2.05, 4.69) is 0 Å². The lowest BCUT2D eigenvalue weighted by Crippen LogP contribution is -2.16. The van der Waals surface area contributed by atoms with E-state index < -0.39 is 26.4 Å². The van der Waals surface area contributed by atoms with Crippen molar-refractivity contribution in [3.63, 3.8) is 0 Å². The molecule has 23 heavy (non-hydrogen) atoms. The van der Waals surface area contributed by atoms with Crippen LogP contribution >= 0.6 is 0 Å². The Morgan fingerprint density at radius 2 is 1.70 bits per heavy atom. The summed E-state index contributed by atoms with van der Waals surface area (Å²) in [5.41, 5.74) is 0.225. The van der Waals surface area contributed by atoms with Crippen LogP contribution in [-0.2, 0) is 14.6 Å². The fourth-order valence-corrected chi connectivity index (χ4v) is 5.35. The molecule has 0 radical (unpaired) electrons. The molecular weight excluding hydrogens is 310 g/mol. The van der Waals surface area contributed by atoms with Crippen LogP contribution < -0.4 is 0 Å². The van der Waals surface area contributed by atoms with Crippen molar-refractivity contribution in [2.75, 3.05) is 0 Å². The Balaban J connectivity index is 2.09. The van der Waals surface area contributed by atoms with E-state index in [0.29, 0.717) is 11.8 Å². The molecule has 0 bridgehead atoms. The maximum Gasteiger partial charge on any atom is 0.183 e. The Labute approximate surface area is 135 Å². The van der Waals surface area contributed by atoms with Crippen molar-refractivity contribution in [3.8, 4) is 6.07 Å². The fraction of sp³-hybridized carbons (Fsp3) is 0.222. The number of nitrogens with zero attached hydrogens (tertiary/aromatic N) is 1. The summed E-state index contributed by atoms with van der Waals surface area (Å²) in [6.07, 6.45) is 0.489. The molecule has 116 valence electrons. The number of carbonyl (C=O) groups is 1. The second-order valence-electron chi connectivity index (χ2n) is 5.83. The number of hydrogen-bond donors (Lipinski definition) is 0. The average molecular weight is 325 g/mol. The predicted octanol–water partition coefficient (Wildman–Crippen LogP) is 2.64. The summed E-state index contributed by atoms with van der Waals surface area (Å²) in [7, 11) is -3.76. The van der Waals surface area contributed by atoms with Crippen molar-refractivity contribution in [3.05, 3.63) is 65.7 Å². The normalized spacial score (nSPS) is 26.3. The van der Waals surface area contributed by atoms with Crippen molar-refractivity contribution in [2.24, 2.45) is 5.41 Å². The van der Waals surface area contributed by atoms with Crippen molar-refractivity contribution >= 4 is 16.1 Å². The molecule has 0 aliphatic heterocycles. The van der Waals surface area contributed by atoms with Crippen molar-refractivity contribution in [1.29, 1.82) is 5.26 Å². The fourth-order valence-electron chi connectivity index (χ4n) is 3.09. The highest BCUT2D eigenvalue weighted by Gasteiger charge is 2.72. The topological polar surface area (TPSA) is 75.0 Å². The molecular formula is C18H15NO3S. The second kappa shape index (κ2) is 5.32. The van der Waals surface area contributed by atoms with Gasteiger partial charge in [0.1, 0.15) is 17.0 Å². The number of rotatable bonds is 4. The van der Waals surface area contributed by atoms with E-state index in [1.165, 1.54) is 12.1 Å². The van der Waals surface area contributed by atoms with Crippen LogP contribution in [0.3, 0.4) is 0 Å². The van der Waals surface area contributed by atoms with Crippen LogP contribution in [0.15, 0.2) is 59.5 Å². The molecule has 0 saturated heterocycles. The quantitative estimate of drug-likeness (QED) is 0.810. The molecule has 2 aromatic carbocycles. The minimum Gasteiger partial charge on any atom is -0.302 e. The van der Waals surface area contributed by atoms with E-state index in [1.54, 1.807) is 30.3 Å². The summed E-state index contributed by atoms with van der Waals surface area (Å²) < 4.78 is 25.7. The highest BCUT2D eigenvalue weighted by atomic mass is 32.2. The number of nitriles is 1. The Hall–Kier alpha value is -2.45. The summed E-state index contributed by atoms with van der Waals surface area (Å²) in [6, 6.07) is 17.2. The molecule has 1 aliphatic carbocycles. The molecule has 0 aromatic heterocycles. The van der Waals surface area contributed by atoms with Crippen LogP contribution in [0.1, 0.15) is 17.0 Å². The molecule has 0 N–H and O–H groups in total. The third kappa shape index (κ3) is 2.27. The van der Waals surface area contributed by atoms with Crippen LogP contribution in [0.2, 0.25) is 0 Å². The van der Waals surface area contributed by atoms with Crippen LogP contribution in [0, 0.1) is 23.7 Å². The smallest absolute Gasteiger partial charge is 0.183 e. The molecule has 1 saturated carbocycles. The summed E-state index contributed by atoms with van der Waals surface area (Å²) in [5.74, 6) is -0.629. The molecule has 5 heteroatoms. The van der Waals surface area contributed by atoms with E-state index in [0.717, 1.165) is 5.56 Å². The van der Waals surface area contributed by atoms with Gasteiger partial charge in [0.15, 0.2) is 9.84 Å². The molecule has 3 unspecified atom stereocenters. The van der Waals surface area contributed by atoms with Gasteiger partial charge in [0.25, 0.3) is 0 Å². The molecule has 4 nitrogen and oxygen atoms in total. The van der Waals surface area contributed by atoms with Crippen LogP contribution in [-0.4, -0.2) is 20.0 Å². The SMILES string of the molecule is Cc1ccc(C2C(S(=O)(=O)c3ccccc3)C2(C#N)C=O)cc1. The highest BCUT2D eigenvalue weighted by Crippen LogP contribution is 2.62. The first kappa shape index (κ1) is 15.4. The van der Waals surface area contributed by atoms with Crippen molar-refractivity contribution in [1.82, 2.24) is 0 Å². The van der Waals surface area contributed by atoms with Crippen molar-refractivity contribution < 1.29 is 13.2 Å². The molecule has 0 spiro atoms. The zero-order valence-electron chi connectivity index (χ0n) is 12.5. The Kier molecular flexibility index (Phi) is 3.57. The van der Waals surface area contributed by atoms with Gasteiger partial charge in [0.2, 0.25) is 0 Å². The van der Waals surface area contributed by atoms with Gasteiger partial charge in [-0.3, -0.25) is 0 Å². The minimum absolute atomic E-state index is 0.140. The van der Waals surface area contributed by atoms with E-state index in [4.69, 9.17) is 0 Å². The van der Waals surface area contributed by atoms with Gasteiger partial charge >= 0.3 is 0 Å². The maximum absolute atomic E-state index is 12.9. The summed E-state index contributed by atoms with van der Waals surface area (Å²) >= 11 is 0. The van der Waals surface area contributed by atoms with Gasteiger partial charge in [0.05, 0.1) is 11.0 Å². The van der Waals surface area contributed by atoms with Gasteiger partial charge in [-0.1, -0.05) is 48.0 Å². The van der Waals surface area contributed by atoms with Gasteiger partial charge in [-0.15, -0.1) is 0 Å². The van der Waals surface area contributed by atoms with Crippen molar-refractivity contribution in [2.45, 2.75) is 23.0 Å². The summed E-state index contributed by atoms with van der Waals surface area (Å²) in [6.45, 7) is 1.92. The number of aldehydes is 1. The lowest BCUT2D eigenvalue weighted by atomic mass is 10.0. The first-order valence-corrected chi connectivity index (χ1v) is 8.75. The molecule has 3 rings (SSSR count). The number of sulfone groups is 1.